The summed E-state index contributed by atoms with van der Waals surface area (Å²) in [6.45, 7) is 8.65. The van der Waals surface area contributed by atoms with Crippen LogP contribution < -0.4 is 10.5 Å². The first-order valence-corrected chi connectivity index (χ1v) is 11.0. The van der Waals surface area contributed by atoms with Crippen LogP contribution in [0.25, 0.3) is 0 Å². The van der Waals surface area contributed by atoms with E-state index in [1.54, 1.807) is 5.19 Å². The highest BCUT2D eigenvalue weighted by molar-refractivity contribution is 6.91. The molecule has 1 aliphatic carbocycles. The Morgan fingerprint density at radius 3 is 2.37 bits per heavy atom. The maximum Gasteiger partial charge on any atom is 0.0846 e. The molecule has 1 unspecified atom stereocenters. The van der Waals surface area contributed by atoms with E-state index in [0.29, 0.717) is 0 Å². The third kappa shape index (κ3) is 3.93. The van der Waals surface area contributed by atoms with E-state index in [2.05, 4.69) is 55.7 Å². The van der Waals surface area contributed by atoms with E-state index in [1.165, 1.54) is 38.6 Å². The second kappa shape index (κ2) is 6.71. The van der Waals surface area contributed by atoms with Gasteiger partial charge in [-0.2, -0.15) is 0 Å². The topological polar surface area (TPSA) is 12.0 Å². The van der Waals surface area contributed by atoms with Crippen molar-refractivity contribution in [3.05, 3.63) is 30.3 Å². The minimum absolute atomic E-state index is 0.789. The molecule has 1 N–H and O–H groups in total. The highest BCUT2D eigenvalue weighted by Gasteiger charge is 2.30. The zero-order chi connectivity index (χ0) is 13.7. The van der Waals surface area contributed by atoms with Gasteiger partial charge in [0.15, 0.2) is 0 Å². The van der Waals surface area contributed by atoms with Gasteiger partial charge in [0.2, 0.25) is 0 Å². The predicted molar refractivity (Wildman–Crippen MR) is 87.9 cm³/mol. The SMILES string of the molecule is CC(CNC1CCCCC1)[Si](C)(C)c1ccccc1. The van der Waals surface area contributed by atoms with Crippen LogP contribution in [0.15, 0.2) is 30.3 Å². The summed E-state index contributed by atoms with van der Waals surface area (Å²) in [5, 5.41) is 5.42. The van der Waals surface area contributed by atoms with Gasteiger partial charge in [0.25, 0.3) is 0 Å². The number of nitrogens with one attached hydrogen (secondary N) is 1. The third-order valence-electron chi connectivity index (χ3n) is 5.07. The fourth-order valence-corrected chi connectivity index (χ4v) is 5.31. The summed E-state index contributed by atoms with van der Waals surface area (Å²) in [7, 11) is -1.33. The Morgan fingerprint density at radius 2 is 1.74 bits per heavy atom. The van der Waals surface area contributed by atoms with Gasteiger partial charge in [0, 0.05) is 6.04 Å². The lowest BCUT2D eigenvalue weighted by molar-refractivity contribution is 0.373. The average molecular weight is 276 g/mol. The summed E-state index contributed by atoms with van der Waals surface area (Å²) in [5.74, 6) is 0. The van der Waals surface area contributed by atoms with Gasteiger partial charge < -0.3 is 5.32 Å². The molecule has 0 heterocycles. The molecule has 106 valence electrons. The van der Waals surface area contributed by atoms with E-state index >= 15 is 0 Å². The zero-order valence-corrected chi connectivity index (χ0v) is 13.8. The molecule has 1 saturated carbocycles. The predicted octanol–water partition coefficient (Wildman–Crippen LogP) is 3.91. The van der Waals surface area contributed by atoms with Crippen LogP contribution in [0.5, 0.6) is 0 Å². The standard InChI is InChI=1S/C17H29NSi/c1-15(14-18-16-10-6-4-7-11-16)19(2,3)17-12-8-5-9-13-17/h5,8-9,12-13,15-16,18H,4,6-7,10-11,14H2,1-3H3. The lowest BCUT2D eigenvalue weighted by Gasteiger charge is -2.33. The van der Waals surface area contributed by atoms with E-state index in [9.17, 15) is 0 Å². The zero-order valence-electron chi connectivity index (χ0n) is 12.8. The molecule has 1 atom stereocenters. The lowest BCUT2D eigenvalue weighted by atomic mass is 9.95. The maximum absolute atomic E-state index is 3.83. The summed E-state index contributed by atoms with van der Waals surface area (Å²) in [5.41, 5.74) is 0.789. The Labute approximate surface area is 119 Å². The van der Waals surface area contributed by atoms with E-state index < -0.39 is 8.07 Å². The molecule has 0 aromatic heterocycles. The Balaban J connectivity index is 1.89. The van der Waals surface area contributed by atoms with Gasteiger partial charge in [-0.3, -0.25) is 0 Å². The van der Waals surface area contributed by atoms with Crippen molar-refractivity contribution in [3.63, 3.8) is 0 Å². The van der Waals surface area contributed by atoms with Crippen molar-refractivity contribution < 1.29 is 0 Å². The molecular formula is C17H29NSi. The Kier molecular flexibility index (Phi) is 5.23. The van der Waals surface area contributed by atoms with Crippen molar-refractivity contribution >= 4 is 13.3 Å². The molecule has 2 rings (SSSR count). The molecule has 0 saturated heterocycles. The summed E-state index contributed by atoms with van der Waals surface area (Å²) < 4.78 is 0. The Bertz CT molecular complexity index is 368. The molecule has 0 bridgehead atoms. The summed E-state index contributed by atoms with van der Waals surface area (Å²) in [4.78, 5) is 0. The quantitative estimate of drug-likeness (QED) is 0.803. The second-order valence-electron chi connectivity index (χ2n) is 6.73. The Hall–Kier alpha value is -0.603. The van der Waals surface area contributed by atoms with Gasteiger partial charge in [-0.1, -0.05) is 74.8 Å². The lowest BCUT2D eigenvalue weighted by Crippen LogP contribution is -2.49. The molecule has 0 spiro atoms. The molecule has 19 heavy (non-hydrogen) atoms. The fourth-order valence-electron chi connectivity index (χ4n) is 3.06. The maximum atomic E-state index is 3.83. The summed E-state index contributed by atoms with van der Waals surface area (Å²) in [6.07, 6.45) is 7.06. The summed E-state index contributed by atoms with van der Waals surface area (Å²) >= 11 is 0. The highest BCUT2D eigenvalue weighted by atomic mass is 28.3. The van der Waals surface area contributed by atoms with Crippen molar-refractivity contribution in [1.82, 2.24) is 5.32 Å². The van der Waals surface area contributed by atoms with Crippen LogP contribution in [-0.4, -0.2) is 20.7 Å². The number of rotatable bonds is 5. The van der Waals surface area contributed by atoms with Crippen molar-refractivity contribution in [2.75, 3.05) is 6.54 Å². The van der Waals surface area contributed by atoms with E-state index in [4.69, 9.17) is 0 Å². The molecule has 1 nitrogen and oxygen atoms in total. The molecule has 0 radical (unpaired) electrons. The largest absolute Gasteiger partial charge is 0.314 e. The van der Waals surface area contributed by atoms with Crippen LogP contribution in [0.1, 0.15) is 39.0 Å². The molecule has 1 aromatic carbocycles. The smallest absolute Gasteiger partial charge is 0.0846 e. The van der Waals surface area contributed by atoms with Gasteiger partial charge >= 0.3 is 0 Å². The summed E-state index contributed by atoms with van der Waals surface area (Å²) in [6, 6.07) is 11.9. The van der Waals surface area contributed by atoms with Crippen LogP contribution in [0.4, 0.5) is 0 Å². The second-order valence-corrected chi connectivity index (χ2v) is 11.7. The molecule has 1 aromatic rings. The van der Waals surface area contributed by atoms with Crippen molar-refractivity contribution in [2.45, 2.75) is 63.7 Å². The average Bonchev–Trinajstić information content (AvgIpc) is 2.46. The van der Waals surface area contributed by atoms with Gasteiger partial charge in [-0.25, -0.2) is 0 Å². The number of hydrogen-bond acceptors (Lipinski definition) is 1. The van der Waals surface area contributed by atoms with Crippen LogP contribution in [0, 0.1) is 0 Å². The number of benzene rings is 1. The molecule has 0 amide bonds. The number of hydrogen-bond donors (Lipinski definition) is 1. The third-order valence-corrected chi connectivity index (χ3v) is 9.56. The van der Waals surface area contributed by atoms with Crippen LogP contribution in [-0.2, 0) is 0 Å². The highest BCUT2D eigenvalue weighted by Crippen LogP contribution is 2.22. The molecule has 0 aliphatic heterocycles. The van der Waals surface area contributed by atoms with Crippen molar-refractivity contribution in [1.29, 1.82) is 0 Å². The van der Waals surface area contributed by atoms with Crippen LogP contribution >= 0.6 is 0 Å². The molecule has 1 aliphatic rings. The van der Waals surface area contributed by atoms with Gasteiger partial charge in [-0.15, -0.1) is 0 Å². The van der Waals surface area contributed by atoms with E-state index in [-0.39, 0.29) is 0 Å². The monoisotopic (exact) mass is 275 g/mol. The first-order valence-electron chi connectivity index (χ1n) is 7.89. The van der Waals surface area contributed by atoms with Crippen molar-refractivity contribution in [2.24, 2.45) is 0 Å². The van der Waals surface area contributed by atoms with Crippen LogP contribution in [0.2, 0.25) is 18.6 Å². The van der Waals surface area contributed by atoms with E-state index in [0.717, 1.165) is 11.6 Å². The molecule has 2 heteroatoms. The minimum Gasteiger partial charge on any atom is -0.314 e. The minimum atomic E-state index is -1.33. The molecule has 1 fully saturated rings. The first-order chi connectivity index (χ1) is 9.10. The van der Waals surface area contributed by atoms with Gasteiger partial charge in [-0.05, 0) is 24.9 Å². The van der Waals surface area contributed by atoms with Gasteiger partial charge in [0.05, 0.1) is 8.07 Å². The normalized spacial score (nSPS) is 19.3. The van der Waals surface area contributed by atoms with Gasteiger partial charge in [0.1, 0.15) is 0 Å². The fraction of sp³-hybridized carbons (Fsp3) is 0.647. The Morgan fingerprint density at radius 1 is 1.11 bits per heavy atom. The van der Waals surface area contributed by atoms with Crippen LogP contribution in [0.3, 0.4) is 0 Å². The van der Waals surface area contributed by atoms with Crippen molar-refractivity contribution in [3.8, 4) is 0 Å². The first kappa shape index (κ1) is 14.8. The van der Waals surface area contributed by atoms with E-state index in [1.807, 2.05) is 0 Å². The molecular weight excluding hydrogens is 246 g/mol.